The summed E-state index contributed by atoms with van der Waals surface area (Å²) >= 11 is 2.59. The molecular formula is C15H12N4O3S2. The number of nitrogens with zero attached hydrogens (tertiary/aromatic N) is 3. The van der Waals surface area contributed by atoms with Crippen LogP contribution in [0.5, 0.6) is 0 Å². The number of non-ortho nitro benzene ring substituents is 1. The molecule has 0 aliphatic carbocycles. The van der Waals surface area contributed by atoms with Crippen LogP contribution < -0.4 is 5.32 Å². The highest BCUT2D eigenvalue weighted by Gasteiger charge is 2.16. The topological polar surface area (TPSA) is 98.0 Å². The summed E-state index contributed by atoms with van der Waals surface area (Å²) in [6, 6.07) is 6.23. The second-order valence-corrected chi connectivity index (χ2v) is 7.01. The molecule has 2 heterocycles. The van der Waals surface area contributed by atoms with Gasteiger partial charge in [0.25, 0.3) is 11.6 Å². The highest BCUT2D eigenvalue weighted by Crippen LogP contribution is 2.28. The third-order valence-corrected chi connectivity index (χ3v) is 5.02. The van der Waals surface area contributed by atoms with E-state index in [1.165, 1.54) is 34.8 Å². The molecule has 3 rings (SSSR count). The summed E-state index contributed by atoms with van der Waals surface area (Å²) in [5.41, 5.74) is 1.90. The summed E-state index contributed by atoms with van der Waals surface area (Å²) in [7, 11) is 0. The lowest BCUT2D eigenvalue weighted by atomic mass is 10.1. The van der Waals surface area contributed by atoms with Gasteiger partial charge in [-0.2, -0.15) is 0 Å². The number of nitrogens with one attached hydrogen (secondary N) is 1. The molecule has 3 aromatic rings. The van der Waals surface area contributed by atoms with Gasteiger partial charge in [-0.05, 0) is 13.8 Å². The van der Waals surface area contributed by atoms with E-state index in [1.54, 1.807) is 24.4 Å². The van der Waals surface area contributed by atoms with Crippen molar-refractivity contribution in [1.29, 1.82) is 0 Å². The number of carbonyl (C=O) groups excluding carboxylic acids is 1. The molecule has 1 N–H and O–H groups in total. The molecule has 24 heavy (non-hydrogen) atoms. The van der Waals surface area contributed by atoms with Gasteiger partial charge in [-0.25, -0.2) is 9.97 Å². The number of rotatable bonds is 4. The van der Waals surface area contributed by atoms with Gasteiger partial charge in [0, 0.05) is 23.1 Å². The number of aryl methyl sites for hydroxylation is 2. The number of nitro groups is 1. The molecular weight excluding hydrogens is 348 g/mol. The molecule has 7 nitrogen and oxygen atoms in total. The number of anilines is 1. The zero-order valence-electron chi connectivity index (χ0n) is 12.8. The molecule has 0 saturated heterocycles. The quantitative estimate of drug-likeness (QED) is 0.559. The van der Waals surface area contributed by atoms with Crippen LogP contribution in [0.15, 0.2) is 29.6 Å². The van der Waals surface area contributed by atoms with Crippen LogP contribution in [0.4, 0.5) is 10.8 Å². The molecule has 9 heteroatoms. The first-order valence-electron chi connectivity index (χ1n) is 6.90. The average molecular weight is 360 g/mol. The summed E-state index contributed by atoms with van der Waals surface area (Å²) in [6.45, 7) is 3.63. The van der Waals surface area contributed by atoms with E-state index >= 15 is 0 Å². The van der Waals surface area contributed by atoms with Crippen molar-refractivity contribution < 1.29 is 9.72 Å². The third kappa shape index (κ3) is 3.31. The van der Waals surface area contributed by atoms with Gasteiger partial charge in [0.2, 0.25) is 0 Å². The Balaban J connectivity index is 1.81. The van der Waals surface area contributed by atoms with Crippen molar-refractivity contribution in [2.24, 2.45) is 0 Å². The lowest BCUT2D eigenvalue weighted by molar-refractivity contribution is -0.384. The fraction of sp³-hybridized carbons (Fsp3) is 0.133. The summed E-state index contributed by atoms with van der Waals surface area (Å²) < 4.78 is 0. The molecule has 0 aliphatic rings. The molecule has 0 atom stereocenters. The highest BCUT2D eigenvalue weighted by atomic mass is 32.1. The zero-order valence-corrected chi connectivity index (χ0v) is 14.4. The van der Waals surface area contributed by atoms with Gasteiger partial charge in [-0.15, -0.1) is 22.7 Å². The molecule has 0 aliphatic heterocycles. The average Bonchev–Trinajstić information content (AvgIpc) is 3.13. The first-order valence-corrected chi connectivity index (χ1v) is 8.59. The van der Waals surface area contributed by atoms with E-state index in [0.29, 0.717) is 27.0 Å². The Bertz CT molecular complexity index is 932. The fourth-order valence-corrected chi connectivity index (χ4v) is 3.67. The van der Waals surface area contributed by atoms with E-state index in [9.17, 15) is 14.9 Å². The first kappa shape index (κ1) is 16.2. The van der Waals surface area contributed by atoms with Gasteiger partial charge < -0.3 is 0 Å². The van der Waals surface area contributed by atoms with Crippen molar-refractivity contribution >= 4 is 39.4 Å². The van der Waals surface area contributed by atoms with Crippen molar-refractivity contribution in [2.45, 2.75) is 13.8 Å². The maximum Gasteiger partial charge on any atom is 0.270 e. The van der Waals surface area contributed by atoms with Crippen molar-refractivity contribution in [3.8, 4) is 11.3 Å². The van der Waals surface area contributed by atoms with E-state index in [0.717, 1.165) is 5.01 Å². The molecule has 1 amide bonds. The van der Waals surface area contributed by atoms with Crippen molar-refractivity contribution in [2.75, 3.05) is 5.32 Å². The van der Waals surface area contributed by atoms with Gasteiger partial charge in [-0.1, -0.05) is 12.1 Å². The Morgan fingerprint density at radius 2 is 2.08 bits per heavy atom. The molecule has 0 radical (unpaired) electrons. The minimum Gasteiger partial charge on any atom is -0.297 e. The van der Waals surface area contributed by atoms with Crippen LogP contribution in [-0.4, -0.2) is 20.8 Å². The van der Waals surface area contributed by atoms with Crippen molar-refractivity contribution in [3.05, 3.63) is 55.3 Å². The molecule has 0 saturated carbocycles. The standard InChI is InChI=1S/C15H12N4O3S2/c1-8-13(24-9(2)16-8)14(20)18-15-17-12(7-23-15)10-4-3-5-11(6-10)19(21)22/h3-7H,1-2H3,(H,17,18,20). The van der Waals surface area contributed by atoms with Crippen LogP contribution in [0.2, 0.25) is 0 Å². The minimum absolute atomic E-state index is 0.00171. The number of nitro benzene ring substituents is 1. The van der Waals surface area contributed by atoms with E-state index in [2.05, 4.69) is 15.3 Å². The fourth-order valence-electron chi connectivity index (χ4n) is 2.14. The van der Waals surface area contributed by atoms with Crippen LogP contribution in [0, 0.1) is 24.0 Å². The zero-order chi connectivity index (χ0) is 17.3. The Morgan fingerprint density at radius 3 is 2.75 bits per heavy atom. The number of aromatic nitrogens is 2. The predicted molar refractivity (Wildman–Crippen MR) is 93.7 cm³/mol. The normalized spacial score (nSPS) is 10.6. The Morgan fingerprint density at radius 1 is 1.29 bits per heavy atom. The summed E-state index contributed by atoms with van der Waals surface area (Å²) in [5, 5.41) is 16.6. The van der Waals surface area contributed by atoms with E-state index in [1.807, 2.05) is 6.92 Å². The van der Waals surface area contributed by atoms with Gasteiger partial charge in [0.15, 0.2) is 5.13 Å². The predicted octanol–water partition coefficient (Wildman–Crippen LogP) is 4.04. The smallest absolute Gasteiger partial charge is 0.270 e. The van der Waals surface area contributed by atoms with Crippen molar-refractivity contribution in [1.82, 2.24) is 9.97 Å². The third-order valence-electron chi connectivity index (χ3n) is 3.19. The van der Waals surface area contributed by atoms with E-state index < -0.39 is 4.92 Å². The van der Waals surface area contributed by atoms with Gasteiger partial charge >= 0.3 is 0 Å². The van der Waals surface area contributed by atoms with Gasteiger partial charge in [-0.3, -0.25) is 20.2 Å². The molecule has 0 fully saturated rings. The number of benzene rings is 1. The molecule has 0 bridgehead atoms. The number of hydrogen-bond donors (Lipinski definition) is 1. The molecule has 122 valence electrons. The van der Waals surface area contributed by atoms with E-state index in [4.69, 9.17) is 0 Å². The lowest BCUT2D eigenvalue weighted by Gasteiger charge is -1.99. The monoisotopic (exact) mass is 360 g/mol. The Labute approximate surface area is 145 Å². The van der Waals surface area contributed by atoms with Crippen molar-refractivity contribution in [3.63, 3.8) is 0 Å². The number of thiazole rings is 2. The maximum absolute atomic E-state index is 12.3. The molecule has 0 unspecified atom stereocenters. The SMILES string of the molecule is Cc1nc(C)c(C(=O)Nc2nc(-c3cccc([N+](=O)[O-])c3)cs2)s1. The molecule has 1 aromatic carbocycles. The second kappa shape index (κ2) is 6.46. The van der Waals surface area contributed by atoms with Crippen LogP contribution in [0.1, 0.15) is 20.4 Å². The van der Waals surface area contributed by atoms with Gasteiger partial charge in [0.1, 0.15) is 4.88 Å². The van der Waals surface area contributed by atoms with Crippen LogP contribution in [0.25, 0.3) is 11.3 Å². The first-order chi connectivity index (χ1) is 11.4. The number of amides is 1. The summed E-state index contributed by atoms with van der Waals surface area (Å²) in [4.78, 5) is 31.8. The van der Waals surface area contributed by atoms with Gasteiger partial charge in [0.05, 0.1) is 21.3 Å². The number of carbonyl (C=O) groups is 1. The highest BCUT2D eigenvalue weighted by molar-refractivity contribution is 7.15. The lowest BCUT2D eigenvalue weighted by Crippen LogP contribution is -2.11. The van der Waals surface area contributed by atoms with Crippen LogP contribution in [-0.2, 0) is 0 Å². The Hall–Kier alpha value is -2.65. The molecule has 2 aromatic heterocycles. The molecule has 0 spiro atoms. The van der Waals surface area contributed by atoms with E-state index in [-0.39, 0.29) is 11.6 Å². The van der Waals surface area contributed by atoms with Crippen LogP contribution in [0.3, 0.4) is 0 Å². The minimum atomic E-state index is -0.451. The largest absolute Gasteiger partial charge is 0.297 e. The summed E-state index contributed by atoms with van der Waals surface area (Å²) in [6.07, 6.45) is 0. The maximum atomic E-state index is 12.3. The Kier molecular flexibility index (Phi) is 4.36. The second-order valence-electron chi connectivity index (χ2n) is 4.95. The van der Waals surface area contributed by atoms with Crippen LogP contribution >= 0.6 is 22.7 Å². The summed E-state index contributed by atoms with van der Waals surface area (Å²) in [5.74, 6) is -0.252. The number of hydrogen-bond acceptors (Lipinski definition) is 7.